The summed E-state index contributed by atoms with van der Waals surface area (Å²) in [5, 5.41) is 20.5. The molecule has 4 aliphatic rings. The Morgan fingerprint density at radius 1 is 1.04 bits per heavy atom. The zero-order chi connectivity index (χ0) is 17.1. The van der Waals surface area contributed by atoms with Gasteiger partial charge in [0, 0.05) is 12.5 Å². The first-order valence-electron chi connectivity index (χ1n) is 10.2. The molecule has 0 saturated heterocycles. The van der Waals surface area contributed by atoms with Crippen molar-refractivity contribution in [2.24, 2.45) is 40.4 Å². The fraction of sp³-hybridized carbons (Fsp3) is 0.952. The number of hydrogen-bond donors (Lipinski definition) is 2. The molecule has 0 aromatic carbocycles. The summed E-state index contributed by atoms with van der Waals surface area (Å²) < 4.78 is 0. The summed E-state index contributed by atoms with van der Waals surface area (Å²) in [7, 11) is 0. The maximum absolute atomic E-state index is 12.2. The molecule has 2 N–H and O–H groups in total. The van der Waals surface area contributed by atoms with Crippen LogP contribution in [0.5, 0.6) is 0 Å². The first-order chi connectivity index (χ1) is 11.4. The molecule has 0 aromatic rings. The number of carbonyl (C=O) groups is 1. The largest absolute Gasteiger partial charge is 0.396 e. The quantitative estimate of drug-likeness (QED) is 0.812. The molecular weight excluding hydrogens is 300 g/mol. The number of Topliss-reactive ketones (excluding diaryl/α,β-unsaturated/α-hetero) is 1. The fourth-order valence-corrected chi connectivity index (χ4v) is 8.00. The van der Waals surface area contributed by atoms with E-state index in [1.54, 1.807) is 6.92 Å². The van der Waals surface area contributed by atoms with Gasteiger partial charge in [0.2, 0.25) is 0 Å². The van der Waals surface area contributed by atoms with Crippen molar-refractivity contribution >= 4 is 5.78 Å². The van der Waals surface area contributed by atoms with Crippen LogP contribution in [0.25, 0.3) is 0 Å². The summed E-state index contributed by atoms with van der Waals surface area (Å²) in [5.74, 6) is 3.12. The van der Waals surface area contributed by atoms with Crippen molar-refractivity contribution in [1.82, 2.24) is 0 Å². The molecule has 0 heterocycles. The first kappa shape index (κ1) is 17.0. The van der Waals surface area contributed by atoms with E-state index in [0.29, 0.717) is 36.1 Å². The van der Waals surface area contributed by atoms with Gasteiger partial charge in [-0.2, -0.15) is 0 Å². The predicted molar refractivity (Wildman–Crippen MR) is 93.3 cm³/mol. The van der Waals surface area contributed by atoms with Gasteiger partial charge >= 0.3 is 0 Å². The van der Waals surface area contributed by atoms with E-state index in [1.807, 2.05) is 0 Å². The lowest BCUT2D eigenvalue weighted by atomic mass is 9.44. The Kier molecular flexibility index (Phi) is 4.12. The molecular formula is C21H34O3. The average Bonchev–Trinajstić information content (AvgIpc) is 2.91. The van der Waals surface area contributed by atoms with Crippen LogP contribution in [0.4, 0.5) is 0 Å². The van der Waals surface area contributed by atoms with E-state index in [2.05, 4.69) is 6.92 Å². The van der Waals surface area contributed by atoms with Crippen LogP contribution in [-0.2, 0) is 4.79 Å². The minimum Gasteiger partial charge on any atom is -0.396 e. The minimum atomic E-state index is -0.159. The van der Waals surface area contributed by atoms with Crippen LogP contribution < -0.4 is 0 Å². The van der Waals surface area contributed by atoms with Gasteiger partial charge < -0.3 is 10.2 Å². The third kappa shape index (κ3) is 2.19. The van der Waals surface area contributed by atoms with Crippen LogP contribution in [-0.4, -0.2) is 28.7 Å². The van der Waals surface area contributed by atoms with Gasteiger partial charge in [0.25, 0.3) is 0 Å². The van der Waals surface area contributed by atoms with Crippen LogP contribution in [0.1, 0.15) is 71.6 Å². The second-order valence-electron chi connectivity index (χ2n) is 9.76. The summed E-state index contributed by atoms with van der Waals surface area (Å²) in [6.45, 7) is 4.47. The van der Waals surface area contributed by atoms with Gasteiger partial charge in [0.1, 0.15) is 5.78 Å². The maximum Gasteiger partial charge on any atom is 0.133 e. The first-order valence-corrected chi connectivity index (χ1v) is 10.2. The van der Waals surface area contributed by atoms with E-state index in [-0.39, 0.29) is 22.9 Å². The Morgan fingerprint density at radius 3 is 2.54 bits per heavy atom. The molecule has 0 bridgehead atoms. The summed E-state index contributed by atoms with van der Waals surface area (Å²) >= 11 is 0. The molecule has 136 valence electrons. The highest BCUT2D eigenvalue weighted by Crippen LogP contribution is 2.67. The van der Waals surface area contributed by atoms with Gasteiger partial charge in [-0.15, -0.1) is 0 Å². The van der Waals surface area contributed by atoms with Crippen LogP contribution in [0.3, 0.4) is 0 Å². The third-order valence-electron chi connectivity index (χ3n) is 9.12. The lowest BCUT2D eigenvalue weighted by Gasteiger charge is -2.61. The zero-order valence-corrected chi connectivity index (χ0v) is 15.3. The monoisotopic (exact) mass is 334 g/mol. The summed E-state index contributed by atoms with van der Waals surface area (Å²) in [6, 6.07) is 0. The molecule has 3 heteroatoms. The highest BCUT2D eigenvalue weighted by molar-refractivity contribution is 5.79. The van der Waals surface area contributed by atoms with Crippen molar-refractivity contribution in [2.45, 2.75) is 77.7 Å². The maximum atomic E-state index is 12.2. The Hall–Kier alpha value is -0.410. The molecule has 0 radical (unpaired) electrons. The summed E-state index contributed by atoms with van der Waals surface area (Å²) in [5.41, 5.74) is 0.252. The zero-order valence-electron chi connectivity index (χ0n) is 15.3. The normalized spacial score (nSPS) is 53.8. The van der Waals surface area contributed by atoms with Gasteiger partial charge in [0.05, 0.1) is 6.10 Å². The van der Waals surface area contributed by atoms with Crippen molar-refractivity contribution in [1.29, 1.82) is 0 Å². The molecule has 1 unspecified atom stereocenters. The molecule has 0 spiro atoms. The molecule has 4 rings (SSSR count). The van der Waals surface area contributed by atoms with Gasteiger partial charge in [-0.3, -0.25) is 4.79 Å². The predicted octanol–water partition coefficient (Wildman–Crippen LogP) is 3.57. The Balaban J connectivity index is 1.64. The van der Waals surface area contributed by atoms with Gasteiger partial charge in [-0.25, -0.2) is 0 Å². The second-order valence-corrected chi connectivity index (χ2v) is 9.76. The molecule has 24 heavy (non-hydrogen) atoms. The van der Waals surface area contributed by atoms with E-state index in [4.69, 9.17) is 0 Å². The molecule has 8 atom stereocenters. The van der Waals surface area contributed by atoms with Crippen LogP contribution in [0, 0.1) is 40.4 Å². The van der Waals surface area contributed by atoms with Crippen molar-refractivity contribution in [2.75, 3.05) is 6.61 Å². The standard InChI is InChI=1S/C21H34O3/c1-13(23)17-5-6-18-16-4-3-14-11-15(24)7-10-21(14,12-22)19(16)8-9-20(17,18)2/h14-19,22,24H,3-12H2,1-2H3/t14-,15+,16-,17?,18-,19-,20+,21+/m0/s1. The van der Waals surface area contributed by atoms with E-state index >= 15 is 0 Å². The van der Waals surface area contributed by atoms with Crippen LogP contribution >= 0.6 is 0 Å². The number of fused-ring (bicyclic) bond motifs is 5. The van der Waals surface area contributed by atoms with Gasteiger partial charge in [-0.1, -0.05) is 6.92 Å². The number of aliphatic hydroxyl groups is 2. The number of rotatable bonds is 2. The fourth-order valence-electron chi connectivity index (χ4n) is 8.00. The van der Waals surface area contributed by atoms with Gasteiger partial charge in [0.15, 0.2) is 0 Å². The molecule has 0 aliphatic heterocycles. The van der Waals surface area contributed by atoms with Crippen LogP contribution in [0.15, 0.2) is 0 Å². The highest BCUT2D eigenvalue weighted by Gasteiger charge is 2.61. The lowest BCUT2D eigenvalue weighted by Crippen LogP contribution is -2.56. The number of carbonyl (C=O) groups excluding carboxylic acids is 1. The Labute approximate surface area is 146 Å². The van der Waals surface area contributed by atoms with E-state index in [1.165, 1.54) is 19.3 Å². The van der Waals surface area contributed by atoms with Gasteiger partial charge in [-0.05, 0) is 99.2 Å². The lowest BCUT2D eigenvalue weighted by molar-refractivity contribution is -0.156. The molecule has 4 aliphatic carbocycles. The Bertz CT molecular complexity index is 517. The molecule has 4 fully saturated rings. The number of hydrogen-bond acceptors (Lipinski definition) is 3. The summed E-state index contributed by atoms with van der Waals surface area (Å²) in [4.78, 5) is 12.2. The topological polar surface area (TPSA) is 57.5 Å². The average molecular weight is 335 g/mol. The van der Waals surface area contributed by atoms with Crippen molar-refractivity contribution in [3.8, 4) is 0 Å². The van der Waals surface area contributed by atoms with E-state index < -0.39 is 0 Å². The number of ketones is 1. The number of aliphatic hydroxyl groups excluding tert-OH is 2. The molecule has 0 aromatic heterocycles. The Morgan fingerprint density at radius 2 is 1.83 bits per heavy atom. The smallest absolute Gasteiger partial charge is 0.133 e. The highest BCUT2D eigenvalue weighted by atomic mass is 16.3. The molecule has 0 amide bonds. The SMILES string of the molecule is CC(=O)C1CC[C@H]2[C@@H]3CC[C@H]4C[C@H](O)CC[C@]4(CO)[C@H]3CC[C@]12C. The molecule has 3 nitrogen and oxygen atoms in total. The molecule has 4 saturated carbocycles. The van der Waals surface area contributed by atoms with Crippen molar-refractivity contribution < 1.29 is 15.0 Å². The van der Waals surface area contributed by atoms with E-state index in [0.717, 1.165) is 38.5 Å². The third-order valence-corrected chi connectivity index (χ3v) is 9.12. The second kappa shape index (κ2) is 5.81. The van der Waals surface area contributed by atoms with Crippen LogP contribution in [0.2, 0.25) is 0 Å². The van der Waals surface area contributed by atoms with Crippen molar-refractivity contribution in [3.63, 3.8) is 0 Å². The van der Waals surface area contributed by atoms with Crippen molar-refractivity contribution in [3.05, 3.63) is 0 Å². The van der Waals surface area contributed by atoms with E-state index in [9.17, 15) is 15.0 Å². The minimum absolute atomic E-state index is 0.0534. The summed E-state index contributed by atoms with van der Waals surface area (Å²) in [6.07, 6.45) is 9.61.